The van der Waals surface area contributed by atoms with E-state index in [0.29, 0.717) is 23.0 Å². The molecule has 0 radical (unpaired) electrons. The second-order valence-electron chi connectivity index (χ2n) is 5.25. The molecule has 3 rings (SSSR count). The number of hydrogen-bond donors (Lipinski definition) is 2. The van der Waals surface area contributed by atoms with Gasteiger partial charge >= 0.3 is 0 Å². The Morgan fingerprint density at radius 3 is 2.88 bits per heavy atom. The minimum absolute atomic E-state index is 0.0199. The molecule has 2 aromatic rings. The van der Waals surface area contributed by atoms with Crippen LogP contribution in [0.2, 0.25) is 0 Å². The van der Waals surface area contributed by atoms with E-state index in [1.54, 1.807) is 25.1 Å². The number of benzene rings is 1. The molecule has 2 heterocycles. The van der Waals surface area contributed by atoms with Gasteiger partial charge < -0.3 is 14.8 Å². The first-order chi connectivity index (χ1) is 11.5. The predicted molar refractivity (Wildman–Crippen MR) is 85.2 cm³/mol. The SMILES string of the molecule is COc1ccc(OC)c(NC(=O)[C@H]2CC(=O)Nc3nc(C)nn32)c1. The highest BCUT2D eigenvalue weighted by Crippen LogP contribution is 2.31. The van der Waals surface area contributed by atoms with Crippen LogP contribution in [0.1, 0.15) is 18.3 Å². The van der Waals surface area contributed by atoms with Gasteiger partial charge in [-0.15, -0.1) is 0 Å². The van der Waals surface area contributed by atoms with E-state index >= 15 is 0 Å². The van der Waals surface area contributed by atoms with E-state index < -0.39 is 6.04 Å². The molecule has 0 saturated carbocycles. The van der Waals surface area contributed by atoms with Gasteiger partial charge in [0.1, 0.15) is 23.4 Å². The molecule has 9 nitrogen and oxygen atoms in total. The van der Waals surface area contributed by atoms with Crippen LogP contribution in [0, 0.1) is 6.92 Å². The Morgan fingerprint density at radius 2 is 2.17 bits per heavy atom. The summed E-state index contributed by atoms with van der Waals surface area (Å²) in [5.41, 5.74) is 0.450. The number of anilines is 2. The first-order valence-corrected chi connectivity index (χ1v) is 7.27. The van der Waals surface area contributed by atoms with Gasteiger partial charge in [-0.2, -0.15) is 10.1 Å². The molecular weight excluding hydrogens is 314 g/mol. The lowest BCUT2D eigenvalue weighted by Crippen LogP contribution is -2.36. The number of ether oxygens (including phenoxy) is 2. The molecule has 2 N–H and O–H groups in total. The zero-order chi connectivity index (χ0) is 17.3. The van der Waals surface area contributed by atoms with E-state index in [1.807, 2.05) is 0 Å². The number of nitrogens with one attached hydrogen (secondary N) is 2. The summed E-state index contributed by atoms with van der Waals surface area (Å²) < 4.78 is 11.8. The Bertz CT molecular complexity index is 801. The van der Waals surface area contributed by atoms with Gasteiger partial charge in [-0.05, 0) is 19.1 Å². The number of hydrogen-bond acceptors (Lipinski definition) is 6. The minimum atomic E-state index is -0.786. The fourth-order valence-electron chi connectivity index (χ4n) is 2.50. The van der Waals surface area contributed by atoms with Crippen molar-refractivity contribution in [3.63, 3.8) is 0 Å². The molecule has 24 heavy (non-hydrogen) atoms. The first kappa shape index (κ1) is 15.8. The predicted octanol–water partition coefficient (Wildman–Crippen LogP) is 1.13. The molecule has 0 spiro atoms. The maximum atomic E-state index is 12.7. The smallest absolute Gasteiger partial charge is 0.250 e. The monoisotopic (exact) mass is 331 g/mol. The van der Waals surface area contributed by atoms with Crippen molar-refractivity contribution in [1.82, 2.24) is 14.8 Å². The summed E-state index contributed by atoms with van der Waals surface area (Å²) in [6, 6.07) is 4.27. The third-order valence-corrected chi connectivity index (χ3v) is 3.63. The number of aromatic nitrogens is 3. The summed E-state index contributed by atoms with van der Waals surface area (Å²) in [7, 11) is 3.04. The van der Waals surface area contributed by atoms with E-state index in [-0.39, 0.29) is 24.2 Å². The molecule has 1 aromatic heterocycles. The van der Waals surface area contributed by atoms with Crippen LogP contribution in [0.5, 0.6) is 11.5 Å². The van der Waals surface area contributed by atoms with Crippen molar-refractivity contribution in [3.05, 3.63) is 24.0 Å². The first-order valence-electron chi connectivity index (χ1n) is 7.27. The molecule has 0 aliphatic carbocycles. The zero-order valence-corrected chi connectivity index (χ0v) is 13.5. The number of methoxy groups -OCH3 is 2. The fraction of sp³-hybridized carbons (Fsp3) is 0.333. The molecule has 0 bridgehead atoms. The Hall–Kier alpha value is -3.10. The summed E-state index contributed by atoms with van der Waals surface area (Å²) in [6.45, 7) is 1.69. The average Bonchev–Trinajstić information content (AvgIpc) is 2.93. The highest BCUT2D eigenvalue weighted by Gasteiger charge is 2.33. The van der Waals surface area contributed by atoms with Gasteiger partial charge in [0, 0.05) is 6.07 Å². The van der Waals surface area contributed by atoms with Crippen molar-refractivity contribution in [2.24, 2.45) is 0 Å². The van der Waals surface area contributed by atoms with Crippen LogP contribution in [-0.2, 0) is 9.59 Å². The van der Waals surface area contributed by atoms with Gasteiger partial charge in [0.2, 0.25) is 17.8 Å². The number of nitrogens with zero attached hydrogens (tertiary/aromatic N) is 3. The van der Waals surface area contributed by atoms with Gasteiger partial charge in [-0.1, -0.05) is 0 Å². The molecular formula is C15H17N5O4. The highest BCUT2D eigenvalue weighted by atomic mass is 16.5. The Kier molecular flexibility index (Phi) is 4.07. The molecule has 0 saturated heterocycles. The molecule has 1 aromatic carbocycles. The number of amides is 2. The van der Waals surface area contributed by atoms with Crippen molar-refractivity contribution < 1.29 is 19.1 Å². The van der Waals surface area contributed by atoms with Gasteiger partial charge in [0.05, 0.1) is 26.3 Å². The summed E-state index contributed by atoms with van der Waals surface area (Å²) in [6.07, 6.45) is -0.0199. The lowest BCUT2D eigenvalue weighted by molar-refractivity contribution is -0.125. The number of carbonyl (C=O) groups is 2. The molecule has 0 fully saturated rings. The molecule has 9 heteroatoms. The van der Waals surface area contributed by atoms with E-state index in [4.69, 9.17) is 9.47 Å². The minimum Gasteiger partial charge on any atom is -0.497 e. The second-order valence-corrected chi connectivity index (χ2v) is 5.25. The van der Waals surface area contributed by atoms with Crippen molar-refractivity contribution in [2.45, 2.75) is 19.4 Å². The largest absolute Gasteiger partial charge is 0.497 e. The van der Waals surface area contributed by atoms with Gasteiger partial charge in [0.25, 0.3) is 0 Å². The van der Waals surface area contributed by atoms with Crippen molar-refractivity contribution in [1.29, 1.82) is 0 Å². The third kappa shape index (κ3) is 2.87. The molecule has 126 valence electrons. The Labute approximate surface area is 138 Å². The lowest BCUT2D eigenvalue weighted by atomic mass is 10.1. The third-order valence-electron chi connectivity index (χ3n) is 3.63. The van der Waals surface area contributed by atoms with Gasteiger partial charge in [0.15, 0.2) is 0 Å². The Morgan fingerprint density at radius 1 is 1.38 bits per heavy atom. The van der Waals surface area contributed by atoms with Gasteiger partial charge in [-0.3, -0.25) is 14.9 Å². The van der Waals surface area contributed by atoms with E-state index in [2.05, 4.69) is 20.7 Å². The molecule has 1 aliphatic heterocycles. The molecule has 0 unspecified atom stereocenters. The van der Waals surface area contributed by atoms with E-state index in [1.165, 1.54) is 18.9 Å². The zero-order valence-electron chi connectivity index (χ0n) is 13.5. The van der Waals surface area contributed by atoms with Crippen LogP contribution < -0.4 is 20.1 Å². The van der Waals surface area contributed by atoms with Crippen LogP contribution in [-0.4, -0.2) is 40.8 Å². The second kappa shape index (κ2) is 6.19. The summed E-state index contributed by atoms with van der Waals surface area (Å²) >= 11 is 0. The fourth-order valence-corrected chi connectivity index (χ4v) is 2.50. The molecule has 1 aliphatic rings. The van der Waals surface area contributed by atoms with Crippen LogP contribution in [0.3, 0.4) is 0 Å². The van der Waals surface area contributed by atoms with E-state index in [0.717, 1.165) is 0 Å². The quantitative estimate of drug-likeness (QED) is 0.869. The topological polar surface area (TPSA) is 107 Å². The van der Waals surface area contributed by atoms with Crippen LogP contribution in [0.25, 0.3) is 0 Å². The van der Waals surface area contributed by atoms with E-state index in [9.17, 15) is 9.59 Å². The summed E-state index contributed by atoms with van der Waals surface area (Å²) in [5.74, 6) is 1.13. The molecule has 1 atom stereocenters. The van der Waals surface area contributed by atoms with Gasteiger partial charge in [-0.25, -0.2) is 4.68 Å². The summed E-state index contributed by atoms with van der Waals surface area (Å²) in [5, 5.41) is 9.54. The maximum Gasteiger partial charge on any atom is 0.250 e. The number of rotatable bonds is 4. The standard InChI is InChI=1S/C15H17N5O4/c1-8-16-15-18-13(21)7-11(20(15)19-8)14(22)17-10-6-9(23-2)4-5-12(10)24-3/h4-6,11H,7H2,1-3H3,(H,17,22)(H,16,18,19,21)/t11-/m1/s1. The number of fused-ring (bicyclic) bond motifs is 1. The Balaban J connectivity index is 1.89. The summed E-state index contributed by atoms with van der Waals surface area (Å²) in [4.78, 5) is 28.6. The average molecular weight is 331 g/mol. The highest BCUT2D eigenvalue weighted by molar-refractivity contribution is 6.01. The van der Waals surface area contributed by atoms with Crippen LogP contribution in [0.4, 0.5) is 11.6 Å². The maximum absolute atomic E-state index is 12.7. The normalized spacial score (nSPS) is 16.1. The molecule has 2 amide bonds. The van der Waals surface area contributed by atoms with Crippen molar-refractivity contribution >= 4 is 23.5 Å². The van der Waals surface area contributed by atoms with Crippen molar-refractivity contribution in [3.8, 4) is 11.5 Å². The number of carbonyl (C=O) groups excluding carboxylic acids is 2. The van der Waals surface area contributed by atoms with Crippen LogP contribution >= 0.6 is 0 Å². The lowest BCUT2D eigenvalue weighted by Gasteiger charge is -2.23. The van der Waals surface area contributed by atoms with Crippen LogP contribution in [0.15, 0.2) is 18.2 Å². The van der Waals surface area contributed by atoms with Crippen molar-refractivity contribution in [2.75, 3.05) is 24.9 Å². The number of aryl methyl sites for hydroxylation is 1.